The number of hydrogen-bond donors (Lipinski definition) is 11. The van der Waals surface area contributed by atoms with E-state index in [9.17, 15) is 53.4 Å². The lowest BCUT2D eigenvalue weighted by Crippen LogP contribution is -2.54. The first-order valence-electron chi connectivity index (χ1n) is 24.9. The molecule has 0 saturated carbocycles. The molecular weight excluding hydrogens is 1100 g/mol. The number of carboxylic acids is 3. The van der Waals surface area contributed by atoms with Gasteiger partial charge >= 0.3 is 23.9 Å². The summed E-state index contributed by atoms with van der Waals surface area (Å²) in [6.07, 6.45) is 1.66. The first kappa shape index (κ1) is 63.2. The number of benzene rings is 2. The van der Waals surface area contributed by atoms with E-state index in [0.29, 0.717) is 86.2 Å². The third-order valence-corrected chi connectivity index (χ3v) is 13.2. The molecule has 2 heterocycles. The van der Waals surface area contributed by atoms with Crippen molar-refractivity contribution in [1.29, 1.82) is 0 Å². The van der Waals surface area contributed by atoms with Crippen LogP contribution in [0.2, 0.25) is 0 Å². The van der Waals surface area contributed by atoms with Crippen LogP contribution in [0.25, 0.3) is 0 Å². The van der Waals surface area contributed by atoms with E-state index in [0.717, 1.165) is 16.7 Å². The molecule has 15 N–H and O–H groups in total. The largest absolute Gasteiger partial charge is 0.481 e. The van der Waals surface area contributed by atoms with Gasteiger partial charge in [-0.15, -0.1) is 0 Å². The second-order valence-electron chi connectivity index (χ2n) is 18.7. The molecule has 0 spiro atoms. The number of pyridine rings is 1. The van der Waals surface area contributed by atoms with E-state index < -0.39 is 72.5 Å². The van der Waals surface area contributed by atoms with Gasteiger partial charge in [-0.25, -0.2) is 19.4 Å². The number of thiocarbonyl (C=S) groups is 1. The third-order valence-electron chi connectivity index (χ3n) is 12.5. The highest BCUT2D eigenvalue weighted by Gasteiger charge is 2.28. The zero-order chi connectivity index (χ0) is 57.3. The lowest BCUT2D eigenvalue weighted by atomic mass is 10.0. The third kappa shape index (κ3) is 23.9. The van der Waals surface area contributed by atoms with Crippen LogP contribution in [0, 0.1) is 0 Å². The maximum absolute atomic E-state index is 14.0. The molecule has 0 bridgehead atoms. The number of carboxylic acid groups (broad SMARTS) is 3. The maximum atomic E-state index is 14.0. The van der Waals surface area contributed by atoms with Crippen molar-refractivity contribution in [3.05, 3.63) is 93.7 Å². The lowest BCUT2D eigenvalue weighted by Gasteiger charge is -2.38. The molecule has 1 aliphatic heterocycles. The number of aliphatic carboxylic acids is 3. The van der Waals surface area contributed by atoms with Gasteiger partial charge in [-0.3, -0.25) is 48.4 Å². The fourth-order valence-corrected chi connectivity index (χ4v) is 8.96. The van der Waals surface area contributed by atoms with Crippen molar-refractivity contribution in [2.45, 2.75) is 69.7 Å². The molecule has 28 heteroatoms. The van der Waals surface area contributed by atoms with Crippen molar-refractivity contribution >= 4 is 92.4 Å². The predicted molar refractivity (Wildman–Crippen MR) is 293 cm³/mol. The molecule has 3 aromatic rings. The van der Waals surface area contributed by atoms with Gasteiger partial charge in [-0.2, -0.15) is 0 Å². The van der Waals surface area contributed by atoms with Crippen LogP contribution in [0.1, 0.15) is 59.2 Å². The first-order valence-corrected chi connectivity index (χ1v) is 26.1. The monoisotopic (exact) mass is 1170 g/mol. The summed E-state index contributed by atoms with van der Waals surface area (Å²) in [7, 11) is 0. The number of amides is 7. The van der Waals surface area contributed by atoms with Crippen molar-refractivity contribution in [2.24, 2.45) is 22.9 Å². The standard InChI is InChI=1S/C50H69BrN14O12S/c51-40-14-8-34(25-56-40)26-65(16-2-1-3-38(47(73)74)59-49(77)60-39(48(75)76)13-15-45(70)71)46(72)35-9-4-33(5-10-35)24-57-50(78)58-36-11-6-32(7-12-36)23-37-27-63(30-43(54)68)20-19-61(28-41(52)66)17-18-62(29-42(53)67)21-22-64(37)31-44(55)69/h4-12,14,25,37-39H,1-3,13,15-24,26-31H2,(H2,52,66)(H2,53,67)(H2,54,68)(H2,55,69)(H,70,71)(H,73,74)(H,75,76)(H2,57,58,78)(H2,59,60,77)/t37?,38-,39-/m0/s1. The topological polar surface area (TPSA) is 396 Å². The van der Waals surface area contributed by atoms with E-state index in [1.807, 2.05) is 49.9 Å². The molecule has 26 nitrogen and oxygen atoms in total. The minimum atomic E-state index is -1.54. The van der Waals surface area contributed by atoms with Crippen molar-refractivity contribution in [3.8, 4) is 0 Å². The smallest absolute Gasteiger partial charge is 0.326 e. The Balaban J connectivity index is 1.38. The number of carbonyl (C=O) groups excluding carboxylic acids is 6. The normalized spacial score (nSPS) is 15.7. The highest BCUT2D eigenvalue weighted by molar-refractivity contribution is 9.10. The highest BCUT2D eigenvalue weighted by Crippen LogP contribution is 2.18. The van der Waals surface area contributed by atoms with Crippen LogP contribution in [0.4, 0.5) is 10.5 Å². The summed E-state index contributed by atoms with van der Waals surface area (Å²) in [5.41, 5.74) is 26.0. The van der Waals surface area contributed by atoms with Crippen LogP contribution in [-0.2, 0) is 53.1 Å². The Labute approximate surface area is 464 Å². The molecular formula is C50H69BrN14O12S. The number of primary amides is 4. The van der Waals surface area contributed by atoms with Crippen molar-refractivity contribution in [3.63, 3.8) is 0 Å². The van der Waals surface area contributed by atoms with E-state index in [2.05, 4.69) is 42.2 Å². The SMILES string of the molecule is NC(=O)CN1CCN(CC(N)=O)CCN(CC(N)=O)C(Cc2ccc(NC(=S)NCc3ccc(C(=O)N(CCCC[C@H](NC(=O)N[C@@H](CCC(=O)O)C(=O)O)C(=O)O)Cc4ccc(Br)nc4)cc3)cc2)CN(CC(N)=O)CC1. The number of nitrogens with two attached hydrogens (primary N) is 4. The number of rotatable bonds is 28. The fourth-order valence-electron chi connectivity index (χ4n) is 8.54. The first-order chi connectivity index (χ1) is 37.0. The molecule has 1 aliphatic rings. The summed E-state index contributed by atoms with van der Waals surface area (Å²) in [5.74, 6) is -6.57. The minimum absolute atomic E-state index is 0.0312. The van der Waals surface area contributed by atoms with Gasteiger partial charge in [-0.1, -0.05) is 30.3 Å². The number of hydrogen-bond acceptors (Lipinski definition) is 15. The highest BCUT2D eigenvalue weighted by atomic mass is 79.9. The molecule has 1 unspecified atom stereocenters. The Bertz CT molecular complexity index is 2550. The molecule has 1 saturated heterocycles. The minimum Gasteiger partial charge on any atom is -0.481 e. The molecule has 0 aliphatic carbocycles. The van der Waals surface area contributed by atoms with Crippen molar-refractivity contribution in [1.82, 2.24) is 45.4 Å². The quantitative estimate of drug-likeness (QED) is 0.0243. The Hall–Kier alpha value is -7.37. The van der Waals surface area contributed by atoms with Crippen LogP contribution in [-0.4, -0.2) is 200 Å². The number of aromatic nitrogens is 1. The molecule has 0 radical (unpaired) electrons. The average Bonchev–Trinajstić information content (AvgIpc) is 3.37. The molecule has 7 amide bonds. The van der Waals surface area contributed by atoms with E-state index in [1.165, 1.54) is 0 Å². The number of anilines is 1. The van der Waals surface area contributed by atoms with Crippen LogP contribution in [0.15, 0.2) is 71.5 Å². The molecule has 1 fully saturated rings. The summed E-state index contributed by atoms with van der Waals surface area (Å²) >= 11 is 8.93. The van der Waals surface area contributed by atoms with Crippen LogP contribution in [0.5, 0.6) is 0 Å². The van der Waals surface area contributed by atoms with Gasteiger partial charge in [0, 0.05) is 95.4 Å². The van der Waals surface area contributed by atoms with E-state index >= 15 is 0 Å². The lowest BCUT2D eigenvalue weighted by molar-refractivity contribution is -0.141. The maximum Gasteiger partial charge on any atom is 0.326 e. The van der Waals surface area contributed by atoms with Gasteiger partial charge in [0.25, 0.3) is 5.91 Å². The predicted octanol–water partition coefficient (Wildman–Crippen LogP) is -0.712. The van der Waals surface area contributed by atoms with E-state index in [-0.39, 0.29) is 64.1 Å². The molecule has 3 atom stereocenters. The zero-order valence-electron chi connectivity index (χ0n) is 43.0. The Morgan fingerprint density at radius 3 is 1.73 bits per heavy atom. The number of unbranched alkanes of at least 4 members (excludes halogenated alkanes) is 1. The summed E-state index contributed by atoms with van der Waals surface area (Å²) < 4.78 is 0.603. The van der Waals surface area contributed by atoms with Gasteiger partial charge in [0.1, 0.15) is 16.7 Å². The van der Waals surface area contributed by atoms with Gasteiger partial charge in [0.2, 0.25) is 23.6 Å². The van der Waals surface area contributed by atoms with Crippen LogP contribution in [0.3, 0.4) is 0 Å². The molecule has 4 rings (SSSR count). The van der Waals surface area contributed by atoms with Crippen LogP contribution >= 0.6 is 28.1 Å². The Morgan fingerprint density at radius 1 is 0.667 bits per heavy atom. The van der Waals surface area contributed by atoms with Gasteiger partial charge in [0.05, 0.1) is 26.2 Å². The van der Waals surface area contributed by atoms with Gasteiger partial charge in [-0.05, 0) is 107 Å². The molecule has 1 aromatic heterocycles. The number of nitrogens with one attached hydrogen (secondary N) is 4. The zero-order valence-corrected chi connectivity index (χ0v) is 45.4. The Kier molecular flexibility index (Phi) is 26.2. The van der Waals surface area contributed by atoms with E-state index in [4.69, 9.17) is 40.3 Å². The summed E-state index contributed by atoms with van der Waals surface area (Å²) in [6.45, 7) is 2.92. The van der Waals surface area contributed by atoms with Crippen molar-refractivity contribution < 1.29 is 58.5 Å². The fraction of sp³-hybridized carbons (Fsp3) is 0.460. The second-order valence-corrected chi connectivity index (χ2v) is 19.9. The van der Waals surface area contributed by atoms with E-state index in [1.54, 1.807) is 41.4 Å². The Morgan fingerprint density at radius 2 is 1.19 bits per heavy atom. The summed E-state index contributed by atoms with van der Waals surface area (Å²) in [5, 5.41) is 39.0. The molecule has 424 valence electrons. The average molecular weight is 1170 g/mol. The summed E-state index contributed by atoms with van der Waals surface area (Å²) in [4.78, 5) is 123. The number of halogens is 1. The molecule has 78 heavy (non-hydrogen) atoms. The summed E-state index contributed by atoms with van der Waals surface area (Å²) in [6, 6.07) is 13.6. The van der Waals surface area contributed by atoms with Gasteiger partial charge in [0.15, 0.2) is 5.11 Å². The number of carbonyl (C=O) groups is 9. The second kappa shape index (κ2) is 32.4. The van der Waals surface area contributed by atoms with Crippen LogP contribution < -0.4 is 44.2 Å². The molecule has 2 aromatic carbocycles. The van der Waals surface area contributed by atoms with Crippen molar-refractivity contribution in [2.75, 3.05) is 83.9 Å². The van der Waals surface area contributed by atoms with Gasteiger partial charge < -0.3 is 64.4 Å². The number of urea groups is 1. The number of nitrogens with zero attached hydrogens (tertiary/aromatic N) is 6.